The monoisotopic (exact) mass is 498 g/mol. The van der Waals surface area contributed by atoms with Crippen LogP contribution in [0.25, 0.3) is 22.2 Å². The Morgan fingerprint density at radius 1 is 1.05 bits per heavy atom. The second-order valence-electron chi connectivity index (χ2n) is 8.87. The van der Waals surface area contributed by atoms with Gasteiger partial charge in [-0.15, -0.1) is 0 Å². The van der Waals surface area contributed by atoms with E-state index >= 15 is 0 Å². The number of nitrogens with zero attached hydrogens (tertiary/aromatic N) is 2. The molecule has 0 aliphatic rings. The van der Waals surface area contributed by atoms with Gasteiger partial charge in [0.25, 0.3) is 5.56 Å². The molecular formula is C29H24F2N4O2. The molecule has 0 amide bonds. The Morgan fingerprint density at radius 3 is 2.65 bits per heavy atom. The molecule has 0 aliphatic carbocycles. The van der Waals surface area contributed by atoms with Crippen molar-refractivity contribution in [2.24, 2.45) is 7.05 Å². The highest BCUT2D eigenvalue weighted by Crippen LogP contribution is 2.27. The number of benzene rings is 2. The van der Waals surface area contributed by atoms with Crippen molar-refractivity contribution >= 4 is 16.7 Å². The summed E-state index contributed by atoms with van der Waals surface area (Å²) in [6.45, 7) is 1.71. The van der Waals surface area contributed by atoms with Gasteiger partial charge in [0, 0.05) is 65.7 Å². The molecule has 0 saturated carbocycles. The summed E-state index contributed by atoms with van der Waals surface area (Å²) >= 11 is 0. The smallest absolute Gasteiger partial charge is 0.278 e. The Hall–Kier alpha value is -4.64. The van der Waals surface area contributed by atoms with Gasteiger partial charge in [0.05, 0.1) is 6.54 Å². The Balaban J connectivity index is 1.28. The number of hydrogen-bond donors (Lipinski definition) is 2. The molecule has 0 aliphatic heterocycles. The van der Waals surface area contributed by atoms with Gasteiger partial charge in [-0.05, 0) is 48.9 Å². The van der Waals surface area contributed by atoms with Crippen molar-refractivity contribution in [3.05, 3.63) is 105 Å². The second-order valence-corrected chi connectivity index (χ2v) is 8.87. The Bertz CT molecular complexity index is 1740. The van der Waals surface area contributed by atoms with Crippen LogP contribution in [0.4, 0.5) is 8.78 Å². The number of hydrogen-bond acceptors (Lipinski definition) is 2. The lowest BCUT2D eigenvalue weighted by Crippen LogP contribution is -2.25. The van der Waals surface area contributed by atoms with Crippen molar-refractivity contribution in [2.45, 2.75) is 26.3 Å². The lowest BCUT2D eigenvalue weighted by molar-refractivity contribution is 0.0982. The van der Waals surface area contributed by atoms with Crippen LogP contribution in [-0.2, 0) is 13.6 Å². The van der Waals surface area contributed by atoms with Crippen molar-refractivity contribution in [3.63, 3.8) is 0 Å². The molecule has 3 heterocycles. The van der Waals surface area contributed by atoms with Crippen LogP contribution in [-0.4, -0.2) is 25.1 Å². The highest BCUT2D eigenvalue weighted by atomic mass is 19.2. The third-order valence-electron chi connectivity index (χ3n) is 6.53. The summed E-state index contributed by atoms with van der Waals surface area (Å²) < 4.78 is 29.7. The zero-order valence-corrected chi connectivity index (χ0v) is 20.4. The molecule has 3 aromatic heterocycles. The fourth-order valence-corrected chi connectivity index (χ4v) is 4.46. The maximum Gasteiger partial charge on any atom is 0.278 e. The van der Waals surface area contributed by atoms with Gasteiger partial charge in [0.15, 0.2) is 17.4 Å². The fourth-order valence-electron chi connectivity index (χ4n) is 4.46. The lowest BCUT2D eigenvalue weighted by atomic mass is 10.1. The Kier molecular flexibility index (Phi) is 6.36. The zero-order valence-electron chi connectivity index (χ0n) is 20.4. The largest absolute Gasteiger partial charge is 0.361 e. The van der Waals surface area contributed by atoms with Crippen molar-refractivity contribution in [3.8, 4) is 23.1 Å². The van der Waals surface area contributed by atoms with Crippen LogP contribution in [0.1, 0.15) is 40.0 Å². The number of halogens is 2. The fraction of sp³-hybridized carbons (Fsp3) is 0.172. The van der Waals surface area contributed by atoms with E-state index in [1.807, 2.05) is 42.7 Å². The van der Waals surface area contributed by atoms with E-state index in [-0.39, 0.29) is 24.3 Å². The number of aromatic nitrogens is 4. The highest BCUT2D eigenvalue weighted by molar-refractivity contribution is 5.97. The SMILES string of the molecule is Cc1c(C(=O)CCC#Cc2ccc3c(-c4ccc[nH]4)c[nH]c3c2)c(=O)n(Cc2ccc(F)c(F)c2)n1C. The molecule has 0 fully saturated rings. The minimum atomic E-state index is -0.984. The van der Waals surface area contributed by atoms with Gasteiger partial charge in [-0.25, -0.2) is 13.5 Å². The van der Waals surface area contributed by atoms with E-state index in [0.29, 0.717) is 17.7 Å². The highest BCUT2D eigenvalue weighted by Gasteiger charge is 2.21. The first-order valence-corrected chi connectivity index (χ1v) is 11.8. The van der Waals surface area contributed by atoms with E-state index in [2.05, 4.69) is 21.8 Å². The van der Waals surface area contributed by atoms with E-state index in [4.69, 9.17) is 0 Å². The summed E-state index contributed by atoms with van der Waals surface area (Å²) in [5.74, 6) is 3.88. The lowest BCUT2D eigenvalue weighted by Gasteiger charge is -2.08. The molecule has 5 rings (SSSR count). The summed E-state index contributed by atoms with van der Waals surface area (Å²) in [6.07, 6.45) is 4.23. The molecule has 5 aromatic rings. The predicted molar refractivity (Wildman–Crippen MR) is 138 cm³/mol. The molecule has 0 spiro atoms. The number of rotatable bonds is 6. The van der Waals surface area contributed by atoms with E-state index in [1.54, 1.807) is 18.7 Å². The Morgan fingerprint density at radius 2 is 1.89 bits per heavy atom. The minimum Gasteiger partial charge on any atom is -0.361 e. The van der Waals surface area contributed by atoms with Crippen LogP contribution in [0.2, 0.25) is 0 Å². The minimum absolute atomic E-state index is 0.0211. The molecule has 186 valence electrons. The molecule has 2 aromatic carbocycles. The quantitative estimate of drug-likeness (QED) is 0.246. The molecule has 37 heavy (non-hydrogen) atoms. The van der Waals surface area contributed by atoms with Gasteiger partial charge in [-0.1, -0.05) is 24.0 Å². The van der Waals surface area contributed by atoms with Crippen LogP contribution in [0, 0.1) is 30.4 Å². The molecule has 0 unspecified atom stereocenters. The number of carbonyl (C=O) groups is 1. The average Bonchev–Trinajstić information content (AvgIpc) is 3.60. The Labute approximate surface area is 211 Å². The number of fused-ring (bicyclic) bond motifs is 1. The predicted octanol–water partition coefficient (Wildman–Crippen LogP) is 5.31. The number of nitrogens with one attached hydrogen (secondary N) is 2. The summed E-state index contributed by atoms with van der Waals surface area (Å²) in [6, 6.07) is 13.4. The van der Waals surface area contributed by atoms with Gasteiger partial charge < -0.3 is 9.97 Å². The van der Waals surface area contributed by atoms with E-state index < -0.39 is 17.2 Å². The van der Waals surface area contributed by atoms with Crippen LogP contribution < -0.4 is 5.56 Å². The van der Waals surface area contributed by atoms with E-state index in [9.17, 15) is 18.4 Å². The van der Waals surface area contributed by atoms with Crippen LogP contribution in [0.5, 0.6) is 0 Å². The number of carbonyl (C=O) groups excluding carboxylic acids is 1. The molecule has 2 N–H and O–H groups in total. The zero-order chi connectivity index (χ0) is 26.1. The standard InChI is InChI=1S/C29H24F2N4O2/c1-18-28(29(37)35(34(18)2)17-20-10-12-23(30)24(31)14-20)27(36)8-4-3-6-19-9-11-21-22(16-33-26(21)15-19)25-7-5-13-32-25/h5,7,9-16,32-33H,4,8,17H2,1-2H3. The summed E-state index contributed by atoms with van der Waals surface area (Å²) in [7, 11) is 1.66. The molecule has 0 radical (unpaired) electrons. The maximum absolute atomic E-state index is 13.6. The van der Waals surface area contributed by atoms with Gasteiger partial charge in [0.1, 0.15) is 5.56 Å². The molecule has 0 bridgehead atoms. The summed E-state index contributed by atoms with van der Waals surface area (Å²) in [5, 5.41) is 1.09. The summed E-state index contributed by atoms with van der Waals surface area (Å²) in [5.41, 5.74) is 4.47. The first-order valence-electron chi connectivity index (χ1n) is 11.8. The topological polar surface area (TPSA) is 75.6 Å². The van der Waals surface area contributed by atoms with Crippen molar-refractivity contribution in [1.29, 1.82) is 0 Å². The molecule has 0 atom stereocenters. The molecule has 8 heteroatoms. The molecule has 6 nitrogen and oxygen atoms in total. The number of aromatic amines is 2. The second kappa shape index (κ2) is 9.78. The summed E-state index contributed by atoms with van der Waals surface area (Å²) in [4.78, 5) is 32.4. The number of Topliss-reactive ketones (excluding diaryl/α,β-unsaturated/α-hetero) is 1. The van der Waals surface area contributed by atoms with Gasteiger partial charge in [-0.2, -0.15) is 0 Å². The first kappa shape index (κ1) is 24.1. The van der Waals surface area contributed by atoms with Crippen molar-refractivity contribution in [1.82, 2.24) is 19.3 Å². The molecule has 0 saturated heterocycles. The molecular weight excluding hydrogens is 474 g/mol. The average molecular weight is 499 g/mol. The van der Waals surface area contributed by atoms with Crippen molar-refractivity contribution < 1.29 is 13.6 Å². The van der Waals surface area contributed by atoms with Crippen LogP contribution in [0.15, 0.2) is 65.7 Å². The number of H-pyrrole nitrogens is 2. The third kappa shape index (κ3) is 4.64. The van der Waals surface area contributed by atoms with Crippen molar-refractivity contribution in [2.75, 3.05) is 0 Å². The van der Waals surface area contributed by atoms with Gasteiger partial charge >= 0.3 is 0 Å². The van der Waals surface area contributed by atoms with E-state index in [1.165, 1.54) is 10.7 Å². The van der Waals surface area contributed by atoms with Gasteiger partial charge in [-0.3, -0.25) is 14.3 Å². The van der Waals surface area contributed by atoms with E-state index in [0.717, 1.165) is 39.9 Å². The number of ketones is 1. The normalized spacial score (nSPS) is 11.0. The third-order valence-corrected chi connectivity index (χ3v) is 6.53. The first-order chi connectivity index (χ1) is 17.8. The maximum atomic E-state index is 13.6. The van der Waals surface area contributed by atoms with Crippen LogP contribution in [0.3, 0.4) is 0 Å². The van der Waals surface area contributed by atoms with Crippen LogP contribution >= 0.6 is 0 Å². The van der Waals surface area contributed by atoms with Gasteiger partial charge in [0.2, 0.25) is 0 Å².